The van der Waals surface area contributed by atoms with Crippen LogP contribution in [-0.4, -0.2) is 26.3 Å². The molecule has 0 saturated heterocycles. The zero-order valence-electron chi connectivity index (χ0n) is 12.0. The maximum atomic E-state index is 5.78. The van der Waals surface area contributed by atoms with Gasteiger partial charge in [0.2, 0.25) is 0 Å². The third-order valence-corrected chi connectivity index (χ3v) is 3.52. The number of anilines is 2. The number of para-hydroxylation sites is 2. The van der Waals surface area contributed by atoms with E-state index < -0.39 is 0 Å². The number of hydrogen-bond acceptors (Lipinski definition) is 4. The molecule has 1 aliphatic rings. The number of rotatable bonds is 4. The standard InChI is InChI=1S/C17H20N2O2/c18-14-5-3-6-15(13-14)20-12-10-19-9-4-11-21-17-8-2-1-7-16(17)19/h1-3,5-8,13H,4,9-12,18H2. The molecule has 0 spiro atoms. The molecule has 3 rings (SSSR count). The third-order valence-electron chi connectivity index (χ3n) is 3.52. The highest BCUT2D eigenvalue weighted by Crippen LogP contribution is 2.30. The van der Waals surface area contributed by atoms with Crippen molar-refractivity contribution >= 4 is 11.4 Å². The zero-order valence-corrected chi connectivity index (χ0v) is 12.0. The van der Waals surface area contributed by atoms with E-state index in [-0.39, 0.29) is 0 Å². The van der Waals surface area contributed by atoms with Crippen LogP contribution in [0.4, 0.5) is 11.4 Å². The molecular weight excluding hydrogens is 264 g/mol. The lowest BCUT2D eigenvalue weighted by atomic mass is 10.2. The molecule has 0 radical (unpaired) electrons. The molecule has 0 bridgehead atoms. The smallest absolute Gasteiger partial charge is 0.142 e. The Labute approximate surface area is 125 Å². The van der Waals surface area contributed by atoms with Crippen LogP contribution in [0.1, 0.15) is 6.42 Å². The Morgan fingerprint density at radius 1 is 1.14 bits per heavy atom. The minimum atomic E-state index is 0.623. The second-order valence-corrected chi connectivity index (χ2v) is 5.08. The van der Waals surface area contributed by atoms with E-state index in [0.717, 1.165) is 49.0 Å². The third kappa shape index (κ3) is 3.40. The summed E-state index contributed by atoms with van der Waals surface area (Å²) in [5.41, 5.74) is 7.62. The van der Waals surface area contributed by atoms with Crippen LogP contribution < -0.4 is 20.1 Å². The quantitative estimate of drug-likeness (QED) is 0.877. The largest absolute Gasteiger partial charge is 0.492 e. The average Bonchev–Trinajstić information content (AvgIpc) is 2.70. The molecule has 2 N–H and O–H groups in total. The summed E-state index contributed by atoms with van der Waals surface area (Å²) in [6.45, 7) is 3.20. The fraction of sp³-hybridized carbons (Fsp3) is 0.294. The first-order chi connectivity index (χ1) is 10.3. The van der Waals surface area contributed by atoms with Gasteiger partial charge < -0.3 is 20.1 Å². The van der Waals surface area contributed by atoms with Gasteiger partial charge in [0.25, 0.3) is 0 Å². The van der Waals surface area contributed by atoms with Gasteiger partial charge in [-0.3, -0.25) is 0 Å². The molecule has 21 heavy (non-hydrogen) atoms. The van der Waals surface area contributed by atoms with E-state index in [2.05, 4.69) is 11.0 Å². The van der Waals surface area contributed by atoms with Gasteiger partial charge in [-0.2, -0.15) is 0 Å². The average molecular weight is 284 g/mol. The number of benzene rings is 2. The van der Waals surface area contributed by atoms with E-state index in [9.17, 15) is 0 Å². The van der Waals surface area contributed by atoms with E-state index in [0.29, 0.717) is 6.61 Å². The minimum Gasteiger partial charge on any atom is -0.492 e. The van der Waals surface area contributed by atoms with Crippen molar-refractivity contribution < 1.29 is 9.47 Å². The number of nitrogen functional groups attached to an aromatic ring is 1. The van der Waals surface area contributed by atoms with E-state index in [1.165, 1.54) is 0 Å². The molecule has 0 fully saturated rings. The highest BCUT2D eigenvalue weighted by Gasteiger charge is 2.15. The van der Waals surface area contributed by atoms with Crippen LogP contribution >= 0.6 is 0 Å². The molecule has 0 aromatic heterocycles. The van der Waals surface area contributed by atoms with E-state index >= 15 is 0 Å². The Morgan fingerprint density at radius 3 is 2.95 bits per heavy atom. The Bertz CT molecular complexity index is 601. The van der Waals surface area contributed by atoms with Crippen molar-refractivity contribution in [3.05, 3.63) is 48.5 Å². The van der Waals surface area contributed by atoms with Crippen LogP contribution in [0.15, 0.2) is 48.5 Å². The molecule has 1 aliphatic heterocycles. The summed E-state index contributed by atoms with van der Waals surface area (Å²) >= 11 is 0. The Morgan fingerprint density at radius 2 is 2.05 bits per heavy atom. The van der Waals surface area contributed by atoms with Crippen LogP contribution in [0.3, 0.4) is 0 Å². The van der Waals surface area contributed by atoms with E-state index in [1.807, 2.05) is 42.5 Å². The number of hydrogen-bond donors (Lipinski definition) is 1. The highest BCUT2D eigenvalue weighted by molar-refractivity contribution is 5.58. The first-order valence-corrected chi connectivity index (χ1v) is 7.28. The van der Waals surface area contributed by atoms with Crippen LogP contribution in [0, 0.1) is 0 Å². The van der Waals surface area contributed by atoms with Gasteiger partial charge in [0.15, 0.2) is 0 Å². The number of fused-ring (bicyclic) bond motifs is 1. The van der Waals surface area contributed by atoms with Crippen molar-refractivity contribution in [2.24, 2.45) is 0 Å². The molecule has 2 aromatic carbocycles. The Kier molecular flexibility index (Phi) is 4.15. The first kappa shape index (κ1) is 13.6. The van der Waals surface area contributed by atoms with Gasteiger partial charge in [-0.25, -0.2) is 0 Å². The molecule has 1 heterocycles. The molecule has 4 nitrogen and oxygen atoms in total. The molecule has 0 aliphatic carbocycles. The van der Waals surface area contributed by atoms with Crippen LogP contribution in [-0.2, 0) is 0 Å². The predicted molar refractivity (Wildman–Crippen MR) is 85.1 cm³/mol. The summed E-state index contributed by atoms with van der Waals surface area (Å²) in [4.78, 5) is 2.31. The molecule has 4 heteroatoms. The lowest BCUT2D eigenvalue weighted by molar-refractivity contribution is 0.317. The first-order valence-electron chi connectivity index (χ1n) is 7.28. The summed E-state index contributed by atoms with van der Waals surface area (Å²) < 4.78 is 11.5. The van der Waals surface area contributed by atoms with Crippen molar-refractivity contribution in [2.75, 3.05) is 36.9 Å². The van der Waals surface area contributed by atoms with Gasteiger partial charge in [-0.05, 0) is 30.7 Å². The summed E-state index contributed by atoms with van der Waals surface area (Å²) in [7, 11) is 0. The van der Waals surface area contributed by atoms with Gasteiger partial charge in [0.1, 0.15) is 18.1 Å². The number of nitrogens with zero attached hydrogens (tertiary/aromatic N) is 1. The lowest BCUT2D eigenvalue weighted by Gasteiger charge is -2.23. The number of ether oxygens (including phenoxy) is 2. The Balaban J connectivity index is 1.62. The second kappa shape index (κ2) is 6.39. The topological polar surface area (TPSA) is 47.7 Å². The summed E-state index contributed by atoms with van der Waals surface area (Å²) in [5.74, 6) is 1.77. The normalized spacial score (nSPS) is 14.0. The molecule has 0 saturated carbocycles. The number of nitrogens with two attached hydrogens (primary N) is 1. The minimum absolute atomic E-state index is 0.623. The fourth-order valence-corrected chi connectivity index (χ4v) is 2.51. The van der Waals surface area contributed by atoms with Crippen molar-refractivity contribution in [1.82, 2.24) is 0 Å². The molecule has 2 aromatic rings. The summed E-state index contributed by atoms with van der Waals surface area (Å²) in [6, 6.07) is 15.7. The summed E-state index contributed by atoms with van der Waals surface area (Å²) in [5, 5.41) is 0. The monoisotopic (exact) mass is 284 g/mol. The molecular formula is C17H20N2O2. The SMILES string of the molecule is Nc1cccc(OCCN2CCCOc3ccccc32)c1. The summed E-state index contributed by atoms with van der Waals surface area (Å²) in [6.07, 6.45) is 1.02. The fourth-order valence-electron chi connectivity index (χ4n) is 2.51. The van der Waals surface area contributed by atoms with Gasteiger partial charge in [0, 0.05) is 18.3 Å². The maximum Gasteiger partial charge on any atom is 0.142 e. The molecule has 0 atom stereocenters. The van der Waals surface area contributed by atoms with Gasteiger partial charge in [-0.1, -0.05) is 18.2 Å². The predicted octanol–water partition coefficient (Wildman–Crippen LogP) is 2.94. The second-order valence-electron chi connectivity index (χ2n) is 5.08. The lowest BCUT2D eigenvalue weighted by Crippen LogP contribution is -2.28. The van der Waals surface area contributed by atoms with Crippen LogP contribution in [0.25, 0.3) is 0 Å². The van der Waals surface area contributed by atoms with Crippen LogP contribution in [0.5, 0.6) is 11.5 Å². The van der Waals surface area contributed by atoms with E-state index in [1.54, 1.807) is 0 Å². The highest BCUT2D eigenvalue weighted by atomic mass is 16.5. The van der Waals surface area contributed by atoms with Crippen molar-refractivity contribution in [3.63, 3.8) is 0 Å². The molecule has 0 amide bonds. The van der Waals surface area contributed by atoms with Crippen molar-refractivity contribution in [3.8, 4) is 11.5 Å². The molecule has 110 valence electrons. The van der Waals surface area contributed by atoms with Crippen LogP contribution in [0.2, 0.25) is 0 Å². The maximum absolute atomic E-state index is 5.78. The van der Waals surface area contributed by atoms with Gasteiger partial charge in [-0.15, -0.1) is 0 Å². The van der Waals surface area contributed by atoms with Crippen molar-refractivity contribution in [1.29, 1.82) is 0 Å². The van der Waals surface area contributed by atoms with E-state index in [4.69, 9.17) is 15.2 Å². The van der Waals surface area contributed by atoms with Gasteiger partial charge >= 0.3 is 0 Å². The van der Waals surface area contributed by atoms with Gasteiger partial charge in [0.05, 0.1) is 18.8 Å². The zero-order chi connectivity index (χ0) is 14.5. The Hall–Kier alpha value is -2.36. The van der Waals surface area contributed by atoms with Crippen molar-refractivity contribution in [2.45, 2.75) is 6.42 Å². The molecule has 0 unspecified atom stereocenters.